The minimum atomic E-state index is -0.702. The van der Waals surface area contributed by atoms with E-state index >= 15 is 0 Å². The summed E-state index contributed by atoms with van der Waals surface area (Å²) in [5.74, 6) is 1.51. The van der Waals surface area contributed by atoms with Crippen molar-refractivity contribution in [3.8, 4) is 11.5 Å². The van der Waals surface area contributed by atoms with Gasteiger partial charge in [0, 0.05) is 18.9 Å². The van der Waals surface area contributed by atoms with Crippen LogP contribution >= 0.6 is 0 Å². The van der Waals surface area contributed by atoms with E-state index in [-0.39, 0.29) is 17.9 Å². The summed E-state index contributed by atoms with van der Waals surface area (Å²) in [6.07, 6.45) is 5.73. The molecule has 31 heavy (non-hydrogen) atoms. The summed E-state index contributed by atoms with van der Waals surface area (Å²) in [5, 5.41) is 11.5. The molecule has 1 heterocycles. The minimum Gasteiger partial charge on any atom is -0.493 e. The van der Waals surface area contributed by atoms with Gasteiger partial charge in [0.15, 0.2) is 11.5 Å². The molecule has 3 unspecified atom stereocenters. The first-order valence-electron chi connectivity index (χ1n) is 11.3. The number of nitrogens with zero attached hydrogens (tertiary/aromatic N) is 1. The van der Waals surface area contributed by atoms with E-state index in [2.05, 4.69) is 12.1 Å². The van der Waals surface area contributed by atoms with Gasteiger partial charge in [-0.15, -0.1) is 0 Å². The Bertz CT molecular complexity index is 900. The van der Waals surface area contributed by atoms with E-state index in [4.69, 9.17) is 9.47 Å². The van der Waals surface area contributed by atoms with Gasteiger partial charge in [0.2, 0.25) is 5.91 Å². The van der Waals surface area contributed by atoms with Gasteiger partial charge in [0.1, 0.15) is 0 Å². The maximum atomic E-state index is 13.4. The van der Waals surface area contributed by atoms with Crippen LogP contribution in [-0.4, -0.2) is 42.3 Å². The van der Waals surface area contributed by atoms with Gasteiger partial charge in [0.25, 0.3) is 0 Å². The number of piperidine rings is 1. The van der Waals surface area contributed by atoms with Crippen molar-refractivity contribution in [1.29, 1.82) is 0 Å². The lowest BCUT2D eigenvalue weighted by Gasteiger charge is -2.52. The summed E-state index contributed by atoms with van der Waals surface area (Å²) in [6.45, 7) is 0.583. The van der Waals surface area contributed by atoms with Crippen molar-refractivity contribution in [1.82, 2.24) is 4.90 Å². The third kappa shape index (κ3) is 4.42. The summed E-state index contributed by atoms with van der Waals surface area (Å²) in [7, 11) is 3.25. The predicted molar refractivity (Wildman–Crippen MR) is 120 cm³/mol. The highest BCUT2D eigenvalue weighted by Gasteiger charge is 2.50. The average molecular weight is 424 g/mol. The molecule has 0 bridgehead atoms. The van der Waals surface area contributed by atoms with E-state index in [1.54, 1.807) is 14.2 Å². The van der Waals surface area contributed by atoms with Crippen molar-refractivity contribution in [2.45, 2.75) is 56.6 Å². The summed E-state index contributed by atoms with van der Waals surface area (Å²) in [5.41, 5.74) is 1.48. The molecule has 1 saturated heterocycles. The Morgan fingerprint density at radius 2 is 1.84 bits per heavy atom. The maximum absolute atomic E-state index is 13.4. The second-order valence-corrected chi connectivity index (χ2v) is 8.84. The first kappa shape index (κ1) is 21.7. The number of hydrogen-bond acceptors (Lipinski definition) is 4. The molecule has 3 atom stereocenters. The first-order chi connectivity index (χ1) is 15.1. The monoisotopic (exact) mass is 423 g/mol. The Morgan fingerprint density at radius 1 is 1.06 bits per heavy atom. The highest BCUT2D eigenvalue weighted by atomic mass is 16.5. The van der Waals surface area contributed by atoms with Gasteiger partial charge in [0.05, 0.1) is 25.9 Å². The molecule has 2 aliphatic rings. The lowest BCUT2D eigenvalue weighted by Crippen LogP contribution is -2.56. The third-order valence-electron chi connectivity index (χ3n) is 7.11. The quantitative estimate of drug-likeness (QED) is 0.742. The molecule has 0 aromatic heterocycles. The Morgan fingerprint density at radius 3 is 2.58 bits per heavy atom. The SMILES string of the molecule is COc1ccc(C2C3CCCCC3(O)CCN2C(=O)CCc2ccccc2)cc1OC. The number of hydrogen-bond donors (Lipinski definition) is 1. The van der Waals surface area contributed by atoms with Crippen LogP contribution < -0.4 is 9.47 Å². The normalized spacial score (nSPS) is 25.6. The topological polar surface area (TPSA) is 59.0 Å². The van der Waals surface area contributed by atoms with Crippen LogP contribution in [0.2, 0.25) is 0 Å². The standard InChI is InChI=1S/C26H33NO4/c1-30-22-13-12-20(18-23(22)31-2)25-21-10-6-7-15-26(21,29)16-17-27(25)24(28)14-11-19-8-4-3-5-9-19/h3-5,8-9,12-13,18,21,25,29H,6-7,10-11,14-17H2,1-2H3. The fourth-order valence-electron chi connectivity index (χ4n) is 5.45. The number of likely N-dealkylation sites (tertiary alicyclic amines) is 1. The van der Waals surface area contributed by atoms with Crippen molar-refractivity contribution in [3.63, 3.8) is 0 Å². The third-order valence-corrected chi connectivity index (χ3v) is 7.11. The maximum Gasteiger partial charge on any atom is 0.223 e. The molecule has 1 aliphatic carbocycles. The molecule has 5 nitrogen and oxygen atoms in total. The van der Waals surface area contributed by atoms with E-state index in [1.807, 2.05) is 41.3 Å². The zero-order valence-corrected chi connectivity index (χ0v) is 18.5. The number of carbonyl (C=O) groups is 1. The average Bonchev–Trinajstić information content (AvgIpc) is 2.81. The van der Waals surface area contributed by atoms with Crippen LogP contribution in [0, 0.1) is 5.92 Å². The molecule has 1 amide bonds. The van der Waals surface area contributed by atoms with Gasteiger partial charge in [-0.1, -0.05) is 49.2 Å². The van der Waals surface area contributed by atoms with Crippen LogP contribution in [0.15, 0.2) is 48.5 Å². The molecule has 2 fully saturated rings. The molecule has 0 spiro atoms. The molecule has 1 N–H and O–H groups in total. The van der Waals surface area contributed by atoms with Crippen LogP contribution in [0.25, 0.3) is 0 Å². The zero-order valence-electron chi connectivity index (χ0n) is 18.5. The Hall–Kier alpha value is -2.53. The largest absolute Gasteiger partial charge is 0.493 e. The molecule has 166 valence electrons. The molecule has 2 aromatic carbocycles. The van der Waals surface area contributed by atoms with Crippen LogP contribution in [0.1, 0.15) is 55.7 Å². The Labute approximate surface area is 185 Å². The van der Waals surface area contributed by atoms with E-state index in [9.17, 15) is 9.90 Å². The van der Waals surface area contributed by atoms with Crippen molar-refractivity contribution in [2.24, 2.45) is 5.92 Å². The van der Waals surface area contributed by atoms with Gasteiger partial charge in [-0.2, -0.15) is 0 Å². The van der Waals surface area contributed by atoms with Crippen molar-refractivity contribution < 1.29 is 19.4 Å². The minimum absolute atomic E-state index is 0.0359. The lowest BCUT2D eigenvalue weighted by molar-refractivity contribution is -0.155. The number of carbonyl (C=O) groups excluding carboxylic acids is 1. The molecule has 0 radical (unpaired) electrons. The number of methoxy groups -OCH3 is 2. The molecular formula is C26H33NO4. The molecular weight excluding hydrogens is 390 g/mol. The van der Waals surface area contributed by atoms with Crippen LogP contribution in [0.5, 0.6) is 11.5 Å². The van der Waals surface area contributed by atoms with E-state index < -0.39 is 5.60 Å². The lowest BCUT2D eigenvalue weighted by atomic mass is 9.66. The van der Waals surface area contributed by atoms with Gasteiger partial charge >= 0.3 is 0 Å². The fourth-order valence-corrected chi connectivity index (χ4v) is 5.45. The highest BCUT2D eigenvalue weighted by molar-refractivity contribution is 5.77. The molecule has 4 rings (SSSR count). The van der Waals surface area contributed by atoms with Gasteiger partial charge in [-0.25, -0.2) is 0 Å². The number of aliphatic hydroxyl groups is 1. The first-order valence-corrected chi connectivity index (χ1v) is 11.3. The molecule has 1 aliphatic heterocycles. The smallest absolute Gasteiger partial charge is 0.223 e. The van der Waals surface area contributed by atoms with Crippen LogP contribution in [-0.2, 0) is 11.2 Å². The molecule has 1 saturated carbocycles. The second kappa shape index (κ2) is 9.31. The summed E-state index contributed by atoms with van der Waals surface area (Å²) in [6, 6.07) is 15.9. The number of ether oxygens (including phenoxy) is 2. The number of fused-ring (bicyclic) bond motifs is 1. The predicted octanol–water partition coefficient (Wildman–Crippen LogP) is 4.53. The fraction of sp³-hybridized carbons (Fsp3) is 0.500. The zero-order chi connectivity index (χ0) is 21.8. The summed E-state index contributed by atoms with van der Waals surface area (Å²) >= 11 is 0. The Kier molecular flexibility index (Phi) is 6.51. The highest BCUT2D eigenvalue weighted by Crippen LogP contribution is 2.50. The van der Waals surface area contributed by atoms with Crippen LogP contribution in [0.4, 0.5) is 0 Å². The van der Waals surface area contributed by atoms with Crippen molar-refractivity contribution in [2.75, 3.05) is 20.8 Å². The van der Waals surface area contributed by atoms with E-state index in [0.717, 1.165) is 37.7 Å². The van der Waals surface area contributed by atoms with E-state index in [0.29, 0.717) is 30.9 Å². The van der Waals surface area contributed by atoms with Crippen molar-refractivity contribution >= 4 is 5.91 Å². The Balaban J connectivity index is 1.64. The van der Waals surface area contributed by atoms with E-state index in [1.165, 1.54) is 5.56 Å². The van der Waals surface area contributed by atoms with Gasteiger partial charge in [-0.05, 0) is 48.9 Å². The number of aryl methyl sites for hydroxylation is 1. The van der Waals surface area contributed by atoms with Crippen molar-refractivity contribution in [3.05, 3.63) is 59.7 Å². The molecule has 5 heteroatoms. The van der Waals surface area contributed by atoms with Gasteiger partial charge < -0.3 is 19.5 Å². The number of benzene rings is 2. The number of rotatable bonds is 6. The number of amides is 1. The second-order valence-electron chi connectivity index (χ2n) is 8.84. The van der Waals surface area contributed by atoms with Crippen LogP contribution in [0.3, 0.4) is 0 Å². The van der Waals surface area contributed by atoms with Gasteiger partial charge in [-0.3, -0.25) is 4.79 Å². The summed E-state index contributed by atoms with van der Waals surface area (Å²) in [4.78, 5) is 15.4. The summed E-state index contributed by atoms with van der Waals surface area (Å²) < 4.78 is 11.0. The molecule has 2 aromatic rings.